The smallest absolute Gasteiger partial charge is 0.354 e. The van der Waals surface area contributed by atoms with Gasteiger partial charge in [0.1, 0.15) is 11.4 Å². The molecule has 2 aromatic rings. The zero-order valence-corrected chi connectivity index (χ0v) is 17.2. The highest BCUT2D eigenvalue weighted by Crippen LogP contribution is 2.64. The molecule has 4 aliphatic rings. The van der Waals surface area contributed by atoms with E-state index in [9.17, 15) is 9.59 Å². The maximum atomic E-state index is 12.5. The molecule has 2 aromatic heterocycles. The average molecular weight is 408 g/mol. The van der Waals surface area contributed by atoms with Crippen molar-refractivity contribution in [3.8, 4) is 0 Å². The minimum atomic E-state index is -0.890. The molecule has 6 heteroatoms. The van der Waals surface area contributed by atoms with Crippen LogP contribution in [0.25, 0.3) is 0 Å². The highest BCUT2D eigenvalue weighted by Gasteiger charge is 2.56. The van der Waals surface area contributed by atoms with Crippen molar-refractivity contribution in [1.82, 2.24) is 9.97 Å². The van der Waals surface area contributed by atoms with Gasteiger partial charge in [0.25, 0.3) is 0 Å². The summed E-state index contributed by atoms with van der Waals surface area (Å²) in [4.78, 5) is 29.9. The second-order valence-corrected chi connectivity index (χ2v) is 9.72. The minimum Gasteiger partial charge on any atom is -0.477 e. The van der Waals surface area contributed by atoms with Gasteiger partial charge >= 0.3 is 11.9 Å². The van der Waals surface area contributed by atoms with Crippen LogP contribution in [0.2, 0.25) is 0 Å². The van der Waals surface area contributed by atoms with Crippen LogP contribution in [-0.2, 0) is 17.6 Å². The molecule has 6 unspecified atom stereocenters. The van der Waals surface area contributed by atoms with Crippen LogP contribution in [-0.4, -0.2) is 33.6 Å². The van der Waals surface area contributed by atoms with Gasteiger partial charge in [-0.05, 0) is 90.9 Å². The molecule has 0 saturated heterocycles. The molecule has 6 atom stereocenters. The van der Waals surface area contributed by atoms with Crippen molar-refractivity contribution in [2.45, 2.75) is 57.3 Å². The van der Waals surface area contributed by atoms with Crippen molar-refractivity contribution in [2.75, 3.05) is 6.61 Å². The molecule has 6 rings (SSSR count). The number of hydrogen-bond donors (Lipinski definition) is 3. The van der Waals surface area contributed by atoms with Gasteiger partial charge in [0.2, 0.25) is 0 Å². The van der Waals surface area contributed by atoms with Crippen molar-refractivity contribution in [2.24, 2.45) is 23.7 Å². The van der Waals surface area contributed by atoms with Crippen LogP contribution in [0.1, 0.15) is 87.9 Å². The highest BCUT2D eigenvalue weighted by molar-refractivity contribution is 5.88. The van der Waals surface area contributed by atoms with Crippen molar-refractivity contribution >= 4 is 11.9 Å². The van der Waals surface area contributed by atoms with E-state index in [1.54, 1.807) is 0 Å². The predicted octanol–water partition coefficient (Wildman–Crippen LogP) is 4.25. The third kappa shape index (κ3) is 2.69. The monoisotopic (exact) mass is 408 g/mol. The number of carbonyl (C=O) groups is 2. The number of aromatic nitrogens is 2. The van der Waals surface area contributed by atoms with Gasteiger partial charge in [0.15, 0.2) is 0 Å². The number of nitrogens with one attached hydrogen (secondary N) is 2. The molecule has 30 heavy (non-hydrogen) atoms. The molecule has 158 valence electrons. The van der Waals surface area contributed by atoms with E-state index in [2.05, 4.69) is 16.9 Å². The number of aromatic carboxylic acids is 1. The maximum Gasteiger partial charge on any atom is 0.354 e. The number of rotatable bonds is 8. The molecule has 2 saturated carbocycles. The molecule has 4 aliphatic carbocycles. The van der Waals surface area contributed by atoms with Crippen LogP contribution >= 0.6 is 0 Å². The van der Waals surface area contributed by atoms with Crippen LogP contribution in [0.5, 0.6) is 0 Å². The van der Waals surface area contributed by atoms with Gasteiger partial charge in [0, 0.05) is 11.4 Å². The fraction of sp³-hybridized carbons (Fsp3) is 0.583. The summed E-state index contributed by atoms with van der Waals surface area (Å²) in [5.74, 6) is 2.92. The Balaban J connectivity index is 0.978. The third-order valence-corrected chi connectivity index (χ3v) is 8.12. The van der Waals surface area contributed by atoms with Crippen molar-refractivity contribution in [3.05, 3.63) is 46.0 Å². The van der Waals surface area contributed by atoms with Gasteiger partial charge < -0.3 is 19.8 Å². The number of carboxylic acid groups (broad SMARTS) is 1. The molecule has 0 amide bonds. The quantitative estimate of drug-likeness (QED) is 0.449. The van der Waals surface area contributed by atoms with E-state index < -0.39 is 5.97 Å². The molecular weight excluding hydrogens is 380 g/mol. The van der Waals surface area contributed by atoms with Gasteiger partial charge in [-0.1, -0.05) is 13.3 Å². The second kappa shape index (κ2) is 6.50. The lowest BCUT2D eigenvalue weighted by Gasteiger charge is -2.05. The van der Waals surface area contributed by atoms with E-state index in [-0.39, 0.29) is 5.97 Å². The summed E-state index contributed by atoms with van der Waals surface area (Å²) in [6, 6.07) is 3.85. The Hall–Kier alpha value is -2.50. The van der Waals surface area contributed by atoms with E-state index >= 15 is 0 Å². The summed E-state index contributed by atoms with van der Waals surface area (Å²) in [6.45, 7) is 2.69. The van der Waals surface area contributed by atoms with Gasteiger partial charge in [0.05, 0.1) is 6.61 Å². The van der Waals surface area contributed by atoms with Gasteiger partial charge in [-0.15, -0.1) is 0 Å². The van der Waals surface area contributed by atoms with Crippen molar-refractivity contribution in [3.63, 3.8) is 0 Å². The Bertz CT molecular complexity index is 1030. The molecule has 2 heterocycles. The SMILES string of the molecule is CCCC1C2Cc3[nH]c(C(=O)OCCCC4C5Cc6[nH]c(C(=O)O)cc6C45)cc3C12. The van der Waals surface area contributed by atoms with Crippen LogP contribution in [0.3, 0.4) is 0 Å². The Morgan fingerprint density at radius 3 is 2.23 bits per heavy atom. The summed E-state index contributed by atoms with van der Waals surface area (Å²) < 4.78 is 5.54. The standard InChI is InChI=1S/C24H28N2O4/c1-2-4-11-13-7-18-16(21(11)13)10-20(26-18)24(29)30-6-3-5-12-14-8-17-15(22(12)14)9-19(25-17)23(27)28/h9-14,21-22,25-26H,2-8H2,1H3,(H,27,28). The third-order valence-electron chi connectivity index (χ3n) is 8.12. The molecule has 6 nitrogen and oxygen atoms in total. The molecule has 0 radical (unpaired) electrons. The normalized spacial score (nSPS) is 31.6. The first kappa shape index (κ1) is 18.3. The van der Waals surface area contributed by atoms with Crippen LogP contribution in [0.15, 0.2) is 12.1 Å². The fourth-order valence-corrected chi connectivity index (χ4v) is 6.71. The number of ether oxygens (including phenoxy) is 1. The zero-order chi connectivity index (χ0) is 20.6. The molecule has 0 spiro atoms. The number of carboxylic acids is 1. The Morgan fingerprint density at radius 1 is 1.00 bits per heavy atom. The molecule has 2 fully saturated rings. The number of esters is 1. The van der Waals surface area contributed by atoms with Gasteiger partial charge in [-0.2, -0.15) is 0 Å². The lowest BCUT2D eigenvalue weighted by molar-refractivity contribution is 0.0489. The minimum absolute atomic E-state index is 0.233. The number of hydrogen-bond acceptors (Lipinski definition) is 3. The highest BCUT2D eigenvalue weighted by atomic mass is 16.5. The molecule has 3 N–H and O–H groups in total. The van der Waals surface area contributed by atoms with Crippen LogP contribution in [0.4, 0.5) is 0 Å². The van der Waals surface area contributed by atoms with Crippen LogP contribution < -0.4 is 0 Å². The van der Waals surface area contributed by atoms with Crippen LogP contribution in [0, 0.1) is 23.7 Å². The second-order valence-electron chi connectivity index (χ2n) is 9.72. The maximum absolute atomic E-state index is 12.5. The van der Waals surface area contributed by atoms with Crippen molar-refractivity contribution in [1.29, 1.82) is 0 Å². The van der Waals surface area contributed by atoms with Gasteiger partial charge in [-0.25, -0.2) is 9.59 Å². The van der Waals surface area contributed by atoms with Crippen molar-refractivity contribution < 1.29 is 19.4 Å². The Morgan fingerprint density at radius 2 is 1.60 bits per heavy atom. The van der Waals surface area contributed by atoms with E-state index in [0.717, 1.165) is 43.2 Å². The summed E-state index contributed by atoms with van der Waals surface area (Å²) in [5.41, 5.74) is 5.82. The lowest BCUT2D eigenvalue weighted by atomic mass is 10.1. The van der Waals surface area contributed by atoms with E-state index in [1.165, 1.54) is 29.7 Å². The fourth-order valence-electron chi connectivity index (χ4n) is 6.71. The molecule has 0 aromatic carbocycles. The summed E-state index contributed by atoms with van der Waals surface area (Å²) in [6.07, 6.45) is 6.46. The molecule has 0 aliphatic heterocycles. The average Bonchev–Trinajstić information content (AvgIpc) is 3.23. The topological polar surface area (TPSA) is 95.2 Å². The summed E-state index contributed by atoms with van der Waals surface area (Å²) in [7, 11) is 0. The van der Waals surface area contributed by atoms with E-state index in [4.69, 9.17) is 9.84 Å². The van der Waals surface area contributed by atoms with E-state index in [0.29, 0.717) is 41.7 Å². The first-order valence-corrected chi connectivity index (χ1v) is 11.4. The number of aromatic amines is 2. The molecular formula is C24H28N2O4. The summed E-state index contributed by atoms with van der Waals surface area (Å²) >= 11 is 0. The number of carbonyl (C=O) groups excluding carboxylic acids is 1. The first-order valence-electron chi connectivity index (χ1n) is 11.4. The Kier molecular flexibility index (Phi) is 3.96. The zero-order valence-electron chi connectivity index (χ0n) is 17.2. The number of fused-ring (bicyclic) bond motifs is 6. The lowest BCUT2D eigenvalue weighted by Crippen LogP contribution is -2.08. The largest absolute Gasteiger partial charge is 0.477 e. The molecule has 0 bridgehead atoms. The summed E-state index contributed by atoms with van der Waals surface area (Å²) in [5, 5.41) is 9.14. The Labute approximate surface area is 175 Å². The number of H-pyrrole nitrogens is 2. The first-order chi connectivity index (χ1) is 14.6. The van der Waals surface area contributed by atoms with Gasteiger partial charge in [-0.3, -0.25) is 0 Å². The predicted molar refractivity (Wildman–Crippen MR) is 110 cm³/mol. The van der Waals surface area contributed by atoms with E-state index in [1.807, 2.05) is 12.1 Å².